The number of halogens is 1. The van der Waals surface area contributed by atoms with Crippen LogP contribution in [0.2, 0.25) is 5.02 Å². The van der Waals surface area contributed by atoms with Gasteiger partial charge in [-0.1, -0.05) is 23.7 Å². The van der Waals surface area contributed by atoms with E-state index in [1.54, 1.807) is 41.9 Å². The zero-order valence-electron chi connectivity index (χ0n) is 15.5. The van der Waals surface area contributed by atoms with Crippen molar-refractivity contribution in [1.82, 2.24) is 14.1 Å². The molecule has 0 saturated carbocycles. The van der Waals surface area contributed by atoms with Crippen molar-refractivity contribution >= 4 is 33.3 Å². The van der Waals surface area contributed by atoms with E-state index in [0.29, 0.717) is 22.2 Å². The molecule has 0 aliphatic rings. The second-order valence-corrected chi connectivity index (χ2v) is 8.92. The van der Waals surface area contributed by atoms with E-state index in [9.17, 15) is 13.2 Å². The number of aryl methyl sites for hydroxylation is 1. The van der Waals surface area contributed by atoms with Gasteiger partial charge in [-0.2, -0.15) is 5.10 Å². The number of amides is 1. The quantitative estimate of drug-likeness (QED) is 0.688. The number of rotatable bonds is 5. The van der Waals surface area contributed by atoms with E-state index in [-0.39, 0.29) is 10.5 Å². The predicted molar refractivity (Wildman–Crippen MR) is 109 cm³/mol. The third kappa shape index (κ3) is 4.09. The molecule has 146 valence electrons. The molecule has 28 heavy (non-hydrogen) atoms. The van der Waals surface area contributed by atoms with Gasteiger partial charge in [0, 0.05) is 30.7 Å². The average molecular weight is 419 g/mol. The van der Waals surface area contributed by atoms with E-state index in [2.05, 4.69) is 10.4 Å². The van der Waals surface area contributed by atoms with Crippen molar-refractivity contribution in [2.24, 2.45) is 0 Å². The van der Waals surface area contributed by atoms with Gasteiger partial charge in [0.2, 0.25) is 10.0 Å². The Balaban J connectivity index is 1.93. The summed E-state index contributed by atoms with van der Waals surface area (Å²) in [5.41, 5.74) is 1.62. The molecule has 0 saturated heterocycles. The van der Waals surface area contributed by atoms with E-state index in [1.165, 1.54) is 32.3 Å². The fourth-order valence-corrected chi connectivity index (χ4v) is 3.72. The Morgan fingerprint density at radius 1 is 1.11 bits per heavy atom. The number of carbonyl (C=O) groups is 1. The molecular weight excluding hydrogens is 400 g/mol. The van der Waals surface area contributed by atoms with E-state index in [4.69, 9.17) is 11.6 Å². The van der Waals surface area contributed by atoms with Crippen molar-refractivity contribution in [3.8, 4) is 5.69 Å². The molecule has 0 spiro atoms. The summed E-state index contributed by atoms with van der Waals surface area (Å²) >= 11 is 6.05. The van der Waals surface area contributed by atoms with Crippen LogP contribution < -0.4 is 5.32 Å². The first-order chi connectivity index (χ1) is 13.2. The van der Waals surface area contributed by atoms with Crippen LogP contribution >= 0.6 is 11.6 Å². The molecule has 3 rings (SSSR count). The Morgan fingerprint density at radius 3 is 2.50 bits per heavy atom. The third-order valence-electron chi connectivity index (χ3n) is 4.00. The maximum atomic E-state index is 12.7. The third-order valence-corrected chi connectivity index (χ3v) is 6.05. The largest absolute Gasteiger partial charge is 0.306 e. The van der Waals surface area contributed by atoms with Gasteiger partial charge in [-0.25, -0.2) is 17.4 Å². The standard InChI is InChI=1S/C19H19ClN4O3S/c1-13-10-18(24(22-13)16-8-5-7-15(20)12-16)21-19(25)14-6-4-9-17(11-14)28(26,27)23(2)3/h4-12H,1-3H3,(H,21,25). The second-order valence-electron chi connectivity index (χ2n) is 6.33. The molecule has 0 aliphatic carbocycles. The number of nitrogens with one attached hydrogen (secondary N) is 1. The number of hydrogen-bond donors (Lipinski definition) is 1. The van der Waals surface area contributed by atoms with Crippen molar-refractivity contribution in [3.05, 3.63) is 70.9 Å². The average Bonchev–Trinajstić information content (AvgIpc) is 3.02. The number of sulfonamides is 1. The lowest BCUT2D eigenvalue weighted by molar-refractivity contribution is 0.102. The molecule has 7 nitrogen and oxygen atoms in total. The van der Waals surface area contributed by atoms with Gasteiger partial charge < -0.3 is 5.32 Å². The van der Waals surface area contributed by atoms with Crippen molar-refractivity contribution < 1.29 is 13.2 Å². The summed E-state index contributed by atoms with van der Waals surface area (Å²) in [7, 11) is -0.759. The van der Waals surface area contributed by atoms with Crippen molar-refractivity contribution in [2.45, 2.75) is 11.8 Å². The van der Waals surface area contributed by atoms with Crippen LogP contribution in [0, 0.1) is 6.92 Å². The Bertz CT molecular complexity index is 1140. The van der Waals surface area contributed by atoms with Crippen molar-refractivity contribution in [2.75, 3.05) is 19.4 Å². The fraction of sp³-hybridized carbons (Fsp3) is 0.158. The summed E-state index contributed by atoms with van der Waals surface area (Å²) in [6.07, 6.45) is 0. The van der Waals surface area contributed by atoms with Gasteiger partial charge in [0.05, 0.1) is 16.3 Å². The predicted octanol–water partition coefficient (Wildman–Crippen LogP) is 3.34. The number of benzene rings is 2. The summed E-state index contributed by atoms with van der Waals surface area (Å²) in [5.74, 6) is 0.00428. The maximum absolute atomic E-state index is 12.7. The van der Waals surface area contributed by atoms with Crippen LogP contribution in [0.25, 0.3) is 5.69 Å². The molecule has 9 heteroatoms. The van der Waals surface area contributed by atoms with Crippen LogP contribution in [-0.4, -0.2) is 42.5 Å². The summed E-state index contributed by atoms with van der Waals surface area (Å²) < 4.78 is 27.3. The van der Waals surface area contributed by atoms with Crippen LogP contribution in [0.3, 0.4) is 0 Å². The molecule has 2 aromatic carbocycles. The zero-order chi connectivity index (χ0) is 20.5. The number of carbonyl (C=O) groups excluding carboxylic acids is 1. The monoisotopic (exact) mass is 418 g/mol. The Hall–Kier alpha value is -2.68. The molecule has 0 atom stereocenters. The Kier molecular flexibility index (Phi) is 5.55. The van der Waals surface area contributed by atoms with E-state index < -0.39 is 15.9 Å². The normalized spacial score (nSPS) is 11.6. The van der Waals surface area contributed by atoms with Gasteiger partial charge in [-0.05, 0) is 43.3 Å². The Morgan fingerprint density at radius 2 is 1.82 bits per heavy atom. The molecule has 0 radical (unpaired) electrons. The first kappa shape index (κ1) is 20.1. The smallest absolute Gasteiger partial charge is 0.256 e. The first-order valence-corrected chi connectivity index (χ1v) is 10.2. The lowest BCUT2D eigenvalue weighted by atomic mass is 10.2. The second kappa shape index (κ2) is 7.75. The van der Waals surface area contributed by atoms with E-state index >= 15 is 0 Å². The number of hydrogen-bond acceptors (Lipinski definition) is 4. The highest BCUT2D eigenvalue weighted by molar-refractivity contribution is 7.89. The summed E-state index contributed by atoms with van der Waals surface area (Å²) in [4.78, 5) is 12.8. The van der Waals surface area contributed by atoms with Gasteiger partial charge in [-0.3, -0.25) is 4.79 Å². The molecule has 0 bridgehead atoms. The highest BCUT2D eigenvalue weighted by Crippen LogP contribution is 2.21. The van der Waals surface area contributed by atoms with Crippen LogP contribution in [0.1, 0.15) is 16.1 Å². The number of anilines is 1. The van der Waals surface area contributed by atoms with Crippen molar-refractivity contribution in [1.29, 1.82) is 0 Å². The molecular formula is C19H19ClN4O3S. The minimum absolute atomic E-state index is 0.0460. The summed E-state index contributed by atoms with van der Waals surface area (Å²) in [6.45, 7) is 1.81. The maximum Gasteiger partial charge on any atom is 0.256 e. The highest BCUT2D eigenvalue weighted by Gasteiger charge is 2.19. The lowest BCUT2D eigenvalue weighted by Crippen LogP contribution is -2.23. The van der Waals surface area contributed by atoms with Gasteiger partial charge in [0.1, 0.15) is 5.82 Å². The van der Waals surface area contributed by atoms with Crippen molar-refractivity contribution in [3.63, 3.8) is 0 Å². The topological polar surface area (TPSA) is 84.3 Å². The van der Waals surface area contributed by atoms with Gasteiger partial charge in [-0.15, -0.1) is 0 Å². The number of aromatic nitrogens is 2. The molecule has 1 amide bonds. The minimum atomic E-state index is -3.64. The molecule has 1 aromatic heterocycles. The molecule has 0 fully saturated rings. The molecule has 0 aliphatic heterocycles. The van der Waals surface area contributed by atoms with Crippen LogP contribution in [0.15, 0.2) is 59.5 Å². The van der Waals surface area contributed by atoms with E-state index in [1.807, 2.05) is 6.07 Å². The zero-order valence-corrected chi connectivity index (χ0v) is 17.1. The van der Waals surface area contributed by atoms with E-state index in [0.717, 1.165) is 4.31 Å². The fourth-order valence-electron chi connectivity index (χ4n) is 2.59. The molecule has 3 aromatic rings. The van der Waals surface area contributed by atoms with Crippen LogP contribution in [0.5, 0.6) is 0 Å². The SMILES string of the molecule is Cc1cc(NC(=O)c2cccc(S(=O)(=O)N(C)C)c2)n(-c2cccc(Cl)c2)n1. The molecule has 1 heterocycles. The molecule has 0 unspecified atom stereocenters. The molecule has 1 N–H and O–H groups in total. The number of nitrogens with zero attached hydrogens (tertiary/aromatic N) is 3. The van der Waals surface area contributed by atoms with Crippen LogP contribution in [-0.2, 0) is 10.0 Å². The summed E-state index contributed by atoms with van der Waals surface area (Å²) in [6, 6.07) is 14.7. The highest BCUT2D eigenvalue weighted by atomic mass is 35.5. The van der Waals surface area contributed by atoms with Gasteiger partial charge in [0.15, 0.2) is 0 Å². The first-order valence-electron chi connectivity index (χ1n) is 8.35. The minimum Gasteiger partial charge on any atom is -0.306 e. The lowest BCUT2D eigenvalue weighted by Gasteiger charge is -2.13. The Labute approximate surface area is 168 Å². The van der Waals surface area contributed by atoms with Crippen LogP contribution in [0.4, 0.5) is 5.82 Å². The van der Waals surface area contributed by atoms with Gasteiger partial charge >= 0.3 is 0 Å². The van der Waals surface area contributed by atoms with Gasteiger partial charge in [0.25, 0.3) is 5.91 Å². The summed E-state index contributed by atoms with van der Waals surface area (Å²) in [5, 5.41) is 7.72.